The minimum absolute atomic E-state index is 0.0439. The van der Waals surface area contributed by atoms with Crippen molar-refractivity contribution in [1.82, 2.24) is 14.8 Å². The Hall–Kier alpha value is -3.99. The summed E-state index contributed by atoms with van der Waals surface area (Å²) in [6.07, 6.45) is -4.01. The molecule has 2 aromatic heterocycles. The number of sulfone groups is 2. The molecular formula is C34H38Cl2F3N5O6S2. The molecule has 2 N–H and O–H groups in total. The lowest BCUT2D eigenvalue weighted by atomic mass is 9.92. The molecule has 0 fully saturated rings. The molecule has 2 amide bonds. The molecule has 2 heterocycles. The van der Waals surface area contributed by atoms with Crippen LogP contribution in [0.2, 0.25) is 10.0 Å². The van der Waals surface area contributed by atoms with Crippen LogP contribution in [0.15, 0.2) is 82.7 Å². The molecule has 4 aromatic rings. The molecule has 52 heavy (non-hydrogen) atoms. The van der Waals surface area contributed by atoms with Crippen LogP contribution in [-0.2, 0) is 47.9 Å². The van der Waals surface area contributed by atoms with Gasteiger partial charge in [-0.3, -0.25) is 14.3 Å². The summed E-state index contributed by atoms with van der Waals surface area (Å²) in [6.45, 7) is 11.2. The van der Waals surface area contributed by atoms with Gasteiger partial charge in [0.15, 0.2) is 19.7 Å². The lowest BCUT2D eigenvalue weighted by Crippen LogP contribution is -2.44. The number of benzene rings is 2. The van der Waals surface area contributed by atoms with Gasteiger partial charge >= 0.3 is 6.18 Å². The number of rotatable bonds is 8. The number of hydrogen-bond acceptors (Lipinski definition) is 8. The van der Waals surface area contributed by atoms with E-state index in [-0.39, 0.29) is 21.0 Å². The van der Waals surface area contributed by atoms with E-state index in [2.05, 4.69) is 20.7 Å². The fourth-order valence-electron chi connectivity index (χ4n) is 4.18. The summed E-state index contributed by atoms with van der Waals surface area (Å²) in [5.41, 5.74) is -0.372. The number of amides is 2. The van der Waals surface area contributed by atoms with Crippen LogP contribution in [0.3, 0.4) is 0 Å². The Morgan fingerprint density at radius 1 is 0.692 bits per heavy atom. The highest BCUT2D eigenvalue weighted by Crippen LogP contribution is 2.32. The first-order chi connectivity index (χ1) is 23.6. The summed E-state index contributed by atoms with van der Waals surface area (Å²) in [6, 6.07) is 14.5. The molecule has 0 aliphatic heterocycles. The van der Waals surface area contributed by atoms with Crippen molar-refractivity contribution in [1.29, 1.82) is 0 Å². The van der Waals surface area contributed by atoms with Crippen molar-refractivity contribution < 1.29 is 39.6 Å². The van der Waals surface area contributed by atoms with Gasteiger partial charge in [-0.1, -0.05) is 44.0 Å². The molecule has 0 saturated carbocycles. The second-order valence-electron chi connectivity index (χ2n) is 13.6. The molecule has 0 radical (unpaired) electrons. The number of alkyl halides is 3. The number of aryl methyl sites for hydroxylation is 1. The van der Waals surface area contributed by atoms with Crippen molar-refractivity contribution in [2.24, 2.45) is 7.05 Å². The smallest absolute Gasteiger partial charge is 0.310 e. The Kier molecular flexibility index (Phi) is 12.4. The first-order valence-corrected chi connectivity index (χ1v) is 19.1. The van der Waals surface area contributed by atoms with E-state index in [0.717, 1.165) is 17.8 Å². The highest BCUT2D eigenvalue weighted by molar-refractivity contribution is 7.94. The first-order valence-electron chi connectivity index (χ1n) is 15.3. The van der Waals surface area contributed by atoms with Crippen LogP contribution in [0.4, 0.5) is 24.8 Å². The molecule has 0 aliphatic carbocycles. The first kappa shape index (κ1) is 42.4. The number of nitrogens with one attached hydrogen (secondary N) is 2. The van der Waals surface area contributed by atoms with Gasteiger partial charge in [-0.05, 0) is 88.4 Å². The molecule has 2 aromatic carbocycles. The van der Waals surface area contributed by atoms with Gasteiger partial charge in [0, 0.05) is 34.8 Å². The van der Waals surface area contributed by atoms with Crippen LogP contribution in [0.5, 0.6) is 0 Å². The molecule has 0 aliphatic rings. The molecule has 18 heteroatoms. The zero-order valence-corrected chi connectivity index (χ0v) is 32.6. The highest BCUT2D eigenvalue weighted by atomic mass is 35.5. The van der Waals surface area contributed by atoms with E-state index >= 15 is 0 Å². The second kappa shape index (κ2) is 15.2. The Morgan fingerprint density at radius 3 is 1.46 bits per heavy atom. The van der Waals surface area contributed by atoms with Gasteiger partial charge in [-0.25, -0.2) is 21.8 Å². The summed E-state index contributed by atoms with van der Waals surface area (Å²) in [7, 11) is -6.29. The lowest BCUT2D eigenvalue weighted by molar-refractivity contribution is -0.137. The molecule has 0 atom stereocenters. The SMILES string of the molecule is CC(C)(C(=O)Nc1ccc(C(F)(F)F)cn1)S(=O)(=O)c1ccc(Cl)cc1.Cn1nc(C(C)(C)C)cc1NC(=O)C(C)(C)S(=O)(=O)c1ccc(Cl)cc1. The van der Waals surface area contributed by atoms with Gasteiger partial charge in [0.05, 0.1) is 21.0 Å². The summed E-state index contributed by atoms with van der Waals surface area (Å²) in [4.78, 5) is 28.6. The van der Waals surface area contributed by atoms with Crippen molar-refractivity contribution >= 4 is 66.3 Å². The molecule has 4 rings (SSSR count). The van der Waals surface area contributed by atoms with Gasteiger partial charge in [0.2, 0.25) is 11.8 Å². The number of carbonyl (C=O) groups is 2. The van der Waals surface area contributed by atoms with Gasteiger partial charge < -0.3 is 10.6 Å². The zero-order valence-electron chi connectivity index (χ0n) is 29.4. The Bertz CT molecular complexity index is 2150. The largest absolute Gasteiger partial charge is 0.417 e. The highest BCUT2D eigenvalue weighted by Gasteiger charge is 2.44. The molecule has 282 valence electrons. The summed E-state index contributed by atoms with van der Waals surface area (Å²) in [5.74, 6) is -1.31. The van der Waals surface area contributed by atoms with Crippen molar-refractivity contribution in [3.8, 4) is 0 Å². The summed E-state index contributed by atoms with van der Waals surface area (Å²) >= 11 is 11.5. The van der Waals surface area contributed by atoms with E-state index in [0.29, 0.717) is 22.1 Å². The monoisotopic (exact) mass is 803 g/mol. The Morgan fingerprint density at radius 2 is 1.12 bits per heavy atom. The van der Waals surface area contributed by atoms with E-state index in [1.165, 1.54) is 80.9 Å². The molecule has 0 spiro atoms. The maximum Gasteiger partial charge on any atom is 0.417 e. The number of aromatic nitrogens is 3. The second-order valence-corrected chi connectivity index (χ2v) is 19.4. The molecule has 0 unspecified atom stereocenters. The number of nitrogens with zero attached hydrogens (tertiary/aromatic N) is 3. The minimum atomic E-state index is -4.56. The number of anilines is 2. The zero-order chi connectivity index (χ0) is 39.7. The maximum atomic E-state index is 12.9. The average molecular weight is 805 g/mol. The quantitative estimate of drug-likeness (QED) is 0.185. The lowest BCUT2D eigenvalue weighted by Gasteiger charge is -2.23. The van der Waals surface area contributed by atoms with Crippen molar-refractivity contribution in [3.05, 3.63) is 94.2 Å². The van der Waals surface area contributed by atoms with Crippen LogP contribution < -0.4 is 10.6 Å². The molecule has 0 saturated heterocycles. The Balaban J connectivity index is 0.000000280. The van der Waals surface area contributed by atoms with Gasteiger partial charge in [0.1, 0.15) is 21.1 Å². The molecular weight excluding hydrogens is 766 g/mol. The van der Waals surface area contributed by atoms with Crippen LogP contribution in [-0.4, -0.2) is 52.9 Å². The van der Waals surface area contributed by atoms with Gasteiger partial charge in [0.25, 0.3) is 0 Å². The Labute approximate surface area is 310 Å². The van der Waals surface area contributed by atoms with E-state index in [1.54, 1.807) is 13.1 Å². The third-order valence-electron chi connectivity index (χ3n) is 7.91. The van der Waals surface area contributed by atoms with Crippen LogP contribution in [0.25, 0.3) is 0 Å². The van der Waals surface area contributed by atoms with Gasteiger partial charge in [-0.2, -0.15) is 18.3 Å². The normalized spacial score (nSPS) is 12.8. The van der Waals surface area contributed by atoms with Crippen LogP contribution in [0, 0.1) is 0 Å². The third kappa shape index (κ3) is 9.32. The van der Waals surface area contributed by atoms with Crippen molar-refractivity contribution in [2.75, 3.05) is 10.6 Å². The summed E-state index contributed by atoms with van der Waals surface area (Å²) in [5, 5.41) is 10.1. The number of halogens is 5. The molecule has 11 nitrogen and oxygen atoms in total. The van der Waals surface area contributed by atoms with Crippen LogP contribution >= 0.6 is 23.2 Å². The minimum Gasteiger partial charge on any atom is -0.310 e. The van der Waals surface area contributed by atoms with E-state index < -0.39 is 52.7 Å². The third-order valence-corrected chi connectivity index (χ3v) is 13.3. The van der Waals surface area contributed by atoms with Crippen molar-refractivity contribution in [3.63, 3.8) is 0 Å². The predicted molar refractivity (Wildman–Crippen MR) is 194 cm³/mol. The van der Waals surface area contributed by atoms with Gasteiger partial charge in [-0.15, -0.1) is 0 Å². The van der Waals surface area contributed by atoms with E-state index in [1.807, 2.05) is 20.8 Å². The topological polar surface area (TPSA) is 157 Å². The van der Waals surface area contributed by atoms with Crippen molar-refractivity contribution in [2.45, 2.75) is 79.3 Å². The van der Waals surface area contributed by atoms with Crippen LogP contribution in [0.1, 0.15) is 59.7 Å². The fourth-order valence-corrected chi connectivity index (χ4v) is 7.19. The van der Waals surface area contributed by atoms with E-state index in [9.17, 15) is 39.6 Å². The van der Waals surface area contributed by atoms with E-state index in [4.69, 9.17) is 23.2 Å². The number of carbonyl (C=O) groups excluding carboxylic acids is 2. The average Bonchev–Trinajstić information content (AvgIpc) is 3.41. The fraction of sp³-hybridized carbons (Fsp3) is 0.353. The maximum absolute atomic E-state index is 12.9. The number of hydrogen-bond donors (Lipinski definition) is 2. The standard InChI is InChI=1S/C18H24ClN3O3S.C16H14ClF3N2O3S/c1-17(2,3)14-11-15(22(6)21-14)20-16(23)18(4,5)26(24,25)13-9-7-12(19)8-10-13;1-15(2,26(24,25)12-6-4-11(17)5-7-12)14(23)22-13-8-3-10(9-21-13)16(18,19)20/h7-11H,1-6H3,(H,20,23);3-9H,1-2H3,(H,21,22,23). The molecule has 0 bridgehead atoms. The number of pyridine rings is 1. The predicted octanol–water partition coefficient (Wildman–Crippen LogP) is 7.51. The summed E-state index contributed by atoms with van der Waals surface area (Å²) < 4.78 is 86.8.